The summed E-state index contributed by atoms with van der Waals surface area (Å²) in [6.07, 6.45) is 1.34. The van der Waals surface area contributed by atoms with Gasteiger partial charge in [0.15, 0.2) is 5.72 Å². The van der Waals surface area contributed by atoms with Crippen LogP contribution in [0.1, 0.15) is 53.4 Å². The number of urea groups is 1. The van der Waals surface area contributed by atoms with E-state index < -0.39 is 11.8 Å². The van der Waals surface area contributed by atoms with Crippen LogP contribution in [0.25, 0.3) is 0 Å². The number of carbonyl (C=O) groups excluding carboxylic acids is 2. The molecule has 162 valence electrons. The molecule has 0 spiro atoms. The lowest BCUT2D eigenvalue weighted by Gasteiger charge is -2.53. The first-order valence-corrected chi connectivity index (χ1v) is 11.0. The SMILES string of the molecule is CCc1cccc(N2C(=O)N(C(=O)c3ccc(C)cc3)[C@H]3C[C@@]2(C)Oc2ccccc23)c1. The first-order valence-electron chi connectivity index (χ1n) is 11.0. The number of imide groups is 1. The Morgan fingerprint density at radius 3 is 2.56 bits per heavy atom. The van der Waals surface area contributed by atoms with Crippen molar-refractivity contribution in [2.24, 2.45) is 0 Å². The third kappa shape index (κ3) is 3.16. The van der Waals surface area contributed by atoms with E-state index in [9.17, 15) is 9.59 Å². The number of ether oxygens (including phenoxy) is 1. The van der Waals surface area contributed by atoms with Gasteiger partial charge >= 0.3 is 6.03 Å². The van der Waals surface area contributed by atoms with Crippen molar-refractivity contribution in [2.45, 2.75) is 45.4 Å². The maximum Gasteiger partial charge on any atom is 0.335 e. The molecular formula is C27H26N2O3. The summed E-state index contributed by atoms with van der Waals surface area (Å²) in [7, 11) is 0. The van der Waals surface area contributed by atoms with Crippen LogP contribution in [0.4, 0.5) is 10.5 Å². The number of amides is 3. The zero-order chi connectivity index (χ0) is 22.5. The molecule has 5 rings (SSSR count). The Bertz CT molecular complexity index is 1200. The summed E-state index contributed by atoms with van der Waals surface area (Å²) in [5, 5.41) is 0. The van der Waals surface area contributed by atoms with Gasteiger partial charge in [-0.2, -0.15) is 0 Å². The molecule has 0 unspecified atom stereocenters. The monoisotopic (exact) mass is 426 g/mol. The van der Waals surface area contributed by atoms with E-state index in [2.05, 4.69) is 6.92 Å². The Balaban J connectivity index is 1.66. The lowest BCUT2D eigenvalue weighted by atomic mass is 9.88. The summed E-state index contributed by atoms with van der Waals surface area (Å²) in [6.45, 7) is 5.98. The number of rotatable bonds is 3. The van der Waals surface area contributed by atoms with Gasteiger partial charge in [0.2, 0.25) is 0 Å². The van der Waals surface area contributed by atoms with Crippen LogP contribution in [0, 0.1) is 6.92 Å². The van der Waals surface area contributed by atoms with Crippen LogP contribution < -0.4 is 9.64 Å². The van der Waals surface area contributed by atoms with E-state index in [0.717, 1.165) is 28.8 Å². The number of aryl methyl sites for hydroxylation is 2. The average Bonchev–Trinajstić information content (AvgIpc) is 2.79. The van der Waals surface area contributed by atoms with Crippen molar-refractivity contribution in [3.05, 3.63) is 95.1 Å². The highest BCUT2D eigenvalue weighted by Crippen LogP contribution is 2.49. The Morgan fingerprint density at radius 1 is 1.06 bits per heavy atom. The molecule has 0 aromatic heterocycles. The van der Waals surface area contributed by atoms with E-state index in [0.29, 0.717) is 17.7 Å². The van der Waals surface area contributed by atoms with E-state index in [4.69, 9.17) is 4.74 Å². The zero-order valence-corrected chi connectivity index (χ0v) is 18.5. The maximum absolute atomic E-state index is 14.0. The summed E-state index contributed by atoms with van der Waals surface area (Å²) in [5.74, 6) is 0.410. The quantitative estimate of drug-likeness (QED) is 0.525. The average molecular weight is 427 g/mol. The van der Waals surface area contributed by atoms with Gasteiger partial charge < -0.3 is 4.74 Å². The molecule has 2 aliphatic rings. The summed E-state index contributed by atoms with van der Waals surface area (Å²) in [4.78, 5) is 30.7. The Morgan fingerprint density at radius 2 is 1.81 bits per heavy atom. The molecule has 5 heteroatoms. The molecule has 0 N–H and O–H groups in total. The maximum atomic E-state index is 14.0. The fraction of sp³-hybridized carbons (Fsp3) is 0.259. The van der Waals surface area contributed by atoms with Crippen molar-refractivity contribution in [3.8, 4) is 5.75 Å². The molecule has 0 radical (unpaired) electrons. The molecule has 2 bridgehead atoms. The van der Waals surface area contributed by atoms with E-state index in [1.54, 1.807) is 17.0 Å². The van der Waals surface area contributed by atoms with Crippen LogP contribution >= 0.6 is 0 Å². The van der Waals surface area contributed by atoms with Crippen LogP contribution in [0.15, 0.2) is 72.8 Å². The predicted molar refractivity (Wildman–Crippen MR) is 124 cm³/mol. The number of fused-ring (bicyclic) bond motifs is 4. The highest BCUT2D eigenvalue weighted by Gasteiger charge is 2.55. The van der Waals surface area contributed by atoms with Crippen molar-refractivity contribution in [2.75, 3.05) is 4.90 Å². The van der Waals surface area contributed by atoms with Gasteiger partial charge in [-0.15, -0.1) is 0 Å². The number of para-hydroxylation sites is 1. The molecule has 2 atom stereocenters. The minimum atomic E-state index is -0.896. The van der Waals surface area contributed by atoms with Crippen LogP contribution in [0.2, 0.25) is 0 Å². The number of anilines is 1. The predicted octanol–water partition coefficient (Wildman–Crippen LogP) is 5.88. The fourth-order valence-corrected chi connectivity index (χ4v) is 4.77. The molecule has 2 heterocycles. The number of carbonyl (C=O) groups is 2. The first-order chi connectivity index (χ1) is 15.4. The van der Waals surface area contributed by atoms with E-state index in [1.165, 1.54) is 4.90 Å². The van der Waals surface area contributed by atoms with Crippen LogP contribution in [-0.2, 0) is 6.42 Å². The number of hydrogen-bond donors (Lipinski definition) is 0. The first kappa shape index (κ1) is 20.3. The van der Waals surface area contributed by atoms with Gasteiger partial charge in [0.1, 0.15) is 5.75 Å². The molecule has 1 fully saturated rings. The molecule has 32 heavy (non-hydrogen) atoms. The summed E-state index contributed by atoms with van der Waals surface area (Å²) < 4.78 is 6.42. The molecule has 5 nitrogen and oxygen atoms in total. The Labute approximate surface area is 188 Å². The molecule has 3 aromatic rings. The smallest absolute Gasteiger partial charge is 0.335 e. The minimum absolute atomic E-state index is 0.296. The molecule has 0 aliphatic carbocycles. The minimum Gasteiger partial charge on any atom is -0.467 e. The topological polar surface area (TPSA) is 49.9 Å². The van der Waals surface area contributed by atoms with Gasteiger partial charge in [-0.25, -0.2) is 4.79 Å². The highest BCUT2D eigenvalue weighted by atomic mass is 16.5. The fourth-order valence-electron chi connectivity index (χ4n) is 4.77. The van der Waals surface area contributed by atoms with Gasteiger partial charge in [-0.05, 0) is 56.2 Å². The molecule has 2 aliphatic heterocycles. The second-order valence-corrected chi connectivity index (χ2v) is 8.72. The largest absolute Gasteiger partial charge is 0.467 e. The van der Waals surface area contributed by atoms with Crippen LogP contribution in [0.5, 0.6) is 5.75 Å². The van der Waals surface area contributed by atoms with Crippen LogP contribution in [-0.4, -0.2) is 22.6 Å². The zero-order valence-electron chi connectivity index (χ0n) is 18.5. The van der Waals surface area contributed by atoms with Gasteiger partial charge in [0.05, 0.1) is 6.04 Å². The van der Waals surface area contributed by atoms with Crippen molar-refractivity contribution in [1.82, 2.24) is 4.90 Å². The van der Waals surface area contributed by atoms with Gasteiger partial charge in [0, 0.05) is 23.2 Å². The van der Waals surface area contributed by atoms with Crippen molar-refractivity contribution in [1.29, 1.82) is 0 Å². The second-order valence-electron chi connectivity index (χ2n) is 8.72. The lowest BCUT2D eigenvalue weighted by molar-refractivity contribution is 0.00268. The molecule has 0 saturated carbocycles. The van der Waals surface area contributed by atoms with E-state index in [-0.39, 0.29) is 11.9 Å². The van der Waals surface area contributed by atoms with Crippen LogP contribution in [0.3, 0.4) is 0 Å². The van der Waals surface area contributed by atoms with E-state index >= 15 is 0 Å². The van der Waals surface area contributed by atoms with Crippen molar-refractivity contribution in [3.63, 3.8) is 0 Å². The third-order valence-corrected chi connectivity index (χ3v) is 6.46. The summed E-state index contributed by atoms with van der Waals surface area (Å²) in [6, 6.07) is 22.2. The lowest BCUT2D eigenvalue weighted by Crippen LogP contribution is -2.67. The van der Waals surface area contributed by atoms with Gasteiger partial charge in [-0.1, -0.05) is 55.0 Å². The Kier molecular flexibility index (Phi) is 4.77. The second kappa shape index (κ2) is 7.52. The molecule has 1 saturated heterocycles. The number of benzene rings is 3. The molecule has 3 aromatic carbocycles. The number of nitrogens with zero attached hydrogens (tertiary/aromatic N) is 2. The van der Waals surface area contributed by atoms with Gasteiger partial charge in [-0.3, -0.25) is 14.6 Å². The molecular weight excluding hydrogens is 400 g/mol. The standard InChI is InChI=1S/C27H26N2O3/c1-4-19-8-7-9-21(16-19)29-26(31)28(25(30)20-14-12-18(2)13-15-20)23-17-27(29,3)32-24-11-6-5-10-22(23)24/h5-16,23H,4,17H2,1-3H3/t23-,27+/m0/s1. The molecule has 3 amide bonds. The van der Waals surface area contributed by atoms with Gasteiger partial charge in [0.25, 0.3) is 5.91 Å². The normalized spacial score (nSPS) is 21.7. The highest BCUT2D eigenvalue weighted by molar-refractivity contribution is 6.10. The Hall–Kier alpha value is -3.60. The van der Waals surface area contributed by atoms with E-state index in [1.807, 2.05) is 74.5 Å². The third-order valence-electron chi connectivity index (χ3n) is 6.46. The van der Waals surface area contributed by atoms with Crippen molar-refractivity contribution < 1.29 is 14.3 Å². The van der Waals surface area contributed by atoms with Crippen molar-refractivity contribution >= 4 is 17.6 Å². The summed E-state index contributed by atoms with van der Waals surface area (Å²) in [5.41, 5.74) is 3.38. The summed E-state index contributed by atoms with van der Waals surface area (Å²) >= 11 is 0. The number of hydrogen-bond acceptors (Lipinski definition) is 3.